The molecule has 27 heavy (non-hydrogen) atoms. The maximum atomic E-state index is 12.7. The van der Waals surface area contributed by atoms with Crippen LogP contribution in [-0.4, -0.2) is 39.9 Å². The van der Waals surface area contributed by atoms with Crippen molar-refractivity contribution in [1.82, 2.24) is 20.8 Å². The monoisotopic (exact) mass is 374 g/mol. The van der Waals surface area contributed by atoms with Crippen LogP contribution in [0.1, 0.15) is 53.2 Å². The standard InChI is InChI=1S/C20H30N4O3/c1-6-20(7-2,13-21-18(26)27-19(3,4)5)22-17(25)12-16-14-10-8-9-11-15(14)23-24-16/h8-11H,6-7,12-13H2,1-5H3,(H,21,26)(H,22,25)(H,23,24). The SMILES string of the molecule is CCC(CC)(CNC(=O)OC(C)(C)C)NC(=O)Cc1[nH]nc2ccccc12. The molecule has 2 amide bonds. The Morgan fingerprint density at radius 1 is 1.15 bits per heavy atom. The molecule has 0 spiro atoms. The summed E-state index contributed by atoms with van der Waals surface area (Å²) in [6.45, 7) is 9.74. The summed E-state index contributed by atoms with van der Waals surface area (Å²) >= 11 is 0. The molecule has 0 aliphatic carbocycles. The number of amides is 2. The lowest BCUT2D eigenvalue weighted by Crippen LogP contribution is -2.55. The fraction of sp³-hybridized carbons (Fsp3) is 0.550. The maximum Gasteiger partial charge on any atom is 0.407 e. The summed E-state index contributed by atoms with van der Waals surface area (Å²) in [5.41, 5.74) is 0.536. The average molecular weight is 374 g/mol. The first-order valence-electron chi connectivity index (χ1n) is 9.38. The molecule has 0 bridgehead atoms. The second kappa shape index (κ2) is 8.41. The number of hydrogen-bond acceptors (Lipinski definition) is 4. The molecular formula is C20H30N4O3. The lowest BCUT2D eigenvalue weighted by Gasteiger charge is -2.33. The predicted molar refractivity (Wildman–Crippen MR) is 105 cm³/mol. The Balaban J connectivity index is 2.01. The second-order valence-corrected chi connectivity index (χ2v) is 7.79. The highest BCUT2D eigenvalue weighted by Gasteiger charge is 2.30. The van der Waals surface area contributed by atoms with Crippen molar-refractivity contribution in [2.45, 2.75) is 65.0 Å². The zero-order valence-electron chi connectivity index (χ0n) is 16.8. The summed E-state index contributed by atoms with van der Waals surface area (Å²) in [6.07, 6.45) is 1.10. The number of nitrogens with zero attached hydrogens (tertiary/aromatic N) is 1. The van der Waals surface area contributed by atoms with E-state index >= 15 is 0 Å². The smallest absolute Gasteiger partial charge is 0.407 e. The molecule has 0 aliphatic rings. The fourth-order valence-corrected chi connectivity index (χ4v) is 2.93. The van der Waals surface area contributed by atoms with Crippen molar-refractivity contribution < 1.29 is 14.3 Å². The van der Waals surface area contributed by atoms with Crippen LogP contribution in [0.2, 0.25) is 0 Å². The number of H-pyrrole nitrogens is 1. The minimum absolute atomic E-state index is 0.112. The quantitative estimate of drug-likeness (QED) is 0.693. The number of benzene rings is 1. The van der Waals surface area contributed by atoms with Crippen LogP contribution in [-0.2, 0) is 16.0 Å². The normalized spacial score (nSPS) is 12.0. The molecule has 0 aliphatic heterocycles. The van der Waals surface area contributed by atoms with Gasteiger partial charge in [0.15, 0.2) is 0 Å². The van der Waals surface area contributed by atoms with Crippen molar-refractivity contribution in [3.63, 3.8) is 0 Å². The molecule has 3 N–H and O–H groups in total. The highest BCUT2D eigenvalue weighted by molar-refractivity contribution is 5.87. The van der Waals surface area contributed by atoms with E-state index in [1.807, 2.05) is 58.9 Å². The number of carbonyl (C=O) groups excluding carboxylic acids is 2. The van der Waals surface area contributed by atoms with E-state index in [4.69, 9.17) is 4.74 Å². The van der Waals surface area contributed by atoms with Crippen LogP contribution in [0.15, 0.2) is 24.3 Å². The highest BCUT2D eigenvalue weighted by atomic mass is 16.6. The van der Waals surface area contributed by atoms with Crippen molar-refractivity contribution in [2.24, 2.45) is 0 Å². The van der Waals surface area contributed by atoms with E-state index in [1.165, 1.54) is 0 Å². The van der Waals surface area contributed by atoms with E-state index in [1.54, 1.807) is 0 Å². The van der Waals surface area contributed by atoms with Gasteiger partial charge in [-0.1, -0.05) is 32.0 Å². The van der Waals surface area contributed by atoms with E-state index in [2.05, 4.69) is 20.8 Å². The van der Waals surface area contributed by atoms with Gasteiger partial charge in [0.25, 0.3) is 0 Å². The first kappa shape index (κ1) is 20.7. The molecule has 7 nitrogen and oxygen atoms in total. The Morgan fingerprint density at radius 3 is 2.44 bits per heavy atom. The minimum atomic E-state index is -0.559. The third-order valence-corrected chi connectivity index (χ3v) is 4.61. The number of hydrogen-bond donors (Lipinski definition) is 3. The minimum Gasteiger partial charge on any atom is -0.444 e. The fourth-order valence-electron chi connectivity index (χ4n) is 2.93. The van der Waals surface area contributed by atoms with Gasteiger partial charge in [-0.25, -0.2) is 4.79 Å². The van der Waals surface area contributed by atoms with E-state index in [0.29, 0.717) is 19.4 Å². The Hall–Kier alpha value is -2.57. The number of aromatic nitrogens is 2. The zero-order valence-corrected chi connectivity index (χ0v) is 16.8. The number of carbonyl (C=O) groups is 2. The van der Waals surface area contributed by atoms with Gasteiger partial charge in [0.1, 0.15) is 5.60 Å². The molecule has 148 valence electrons. The molecule has 2 rings (SSSR count). The summed E-state index contributed by atoms with van der Waals surface area (Å²) in [6, 6.07) is 7.68. The van der Waals surface area contributed by atoms with Crippen LogP contribution in [0.25, 0.3) is 10.9 Å². The van der Waals surface area contributed by atoms with Gasteiger partial charge in [0.2, 0.25) is 5.91 Å². The molecular weight excluding hydrogens is 344 g/mol. The second-order valence-electron chi connectivity index (χ2n) is 7.79. The van der Waals surface area contributed by atoms with Crippen LogP contribution in [0.3, 0.4) is 0 Å². The summed E-state index contributed by atoms with van der Waals surface area (Å²) in [5, 5.41) is 14.0. The van der Waals surface area contributed by atoms with Gasteiger partial charge < -0.3 is 15.4 Å². The van der Waals surface area contributed by atoms with Gasteiger partial charge in [-0.2, -0.15) is 5.10 Å². The molecule has 1 aromatic carbocycles. The Bertz CT molecular complexity index is 788. The van der Waals surface area contributed by atoms with Crippen molar-refractivity contribution in [3.05, 3.63) is 30.0 Å². The molecule has 7 heteroatoms. The van der Waals surface area contributed by atoms with Crippen molar-refractivity contribution in [2.75, 3.05) is 6.54 Å². The lowest BCUT2D eigenvalue weighted by atomic mass is 9.92. The van der Waals surface area contributed by atoms with Gasteiger partial charge >= 0.3 is 6.09 Å². The third kappa shape index (κ3) is 5.70. The molecule has 0 unspecified atom stereocenters. The Kier molecular flexibility index (Phi) is 6.46. The highest BCUT2D eigenvalue weighted by Crippen LogP contribution is 2.18. The largest absolute Gasteiger partial charge is 0.444 e. The van der Waals surface area contributed by atoms with E-state index in [-0.39, 0.29) is 12.3 Å². The third-order valence-electron chi connectivity index (χ3n) is 4.61. The van der Waals surface area contributed by atoms with Crippen LogP contribution in [0.5, 0.6) is 0 Å². The first-order valence-corrected chi connectivity index (χ1v) is 9.38. The molecule has 1 aromatic heterocycles. The van der Waals surface area contributed by atoms with Crippen molar-refractivity contribution >= 4 is 22.9 Å². The number of nitrogens with one attached hydrogen (secondary N) is 3. The summed E-state index contributed by atoms with van der Waals surface area (Å²) in [7, 11) is 0. The van der Waals surface area contributed by atoms with Gasteiger partial charge in [-0.15, -0.1) is 0 Å². The number of fused-ring (bicyclic) bond motifs is 1. The van der Waals surface area contributed by atoms with Crippen molar-refractivity contribution in [3.8, 4) is 0 Å². The van der Waals surface area contributed by atoms with Crippen LogP contribution in [0.4, 0.5) is 4.79 Å². The molecule has 2 aromatic rings. The van der Waals surface area contributed by atoms with Gasteiger partial charge in [0, 0.05) is 11.9 Å². The van der Waals surface area contributed by atoms with Gasteiger partial charge in [0.05, 0.1) is 23.2 Å². The Morgan fingerprint density at radius 2 is 1.81 bits per heavy atom. The van der Waals surface area contributed by atoms with E-state index in [0.717, 1.165) is 16.6 Å². The molecule has 0 saturated carbocycles. The number of alkyl carbamates (subject to hydrolysis) is 1. The van der Waals surface area contributed by atoms with Crippen LogP contribution >= 0.6 is 0 Å². The lowest BCUT2D eigenvalue weighted by molar-refractivity contribution is -0.122. The van der Waals surface area contributed by atoms with Crippen LogP contribution < -0.4 is 10.6 Å². The molecule has 0 saturated heterocycles. The summed E-state index contributed by atoms with van der Waals surface area (Å²) in [5.74, 6) is -0.112. The molecule has 0 fully saturated rings. The van der Waals surface area contributed by atoms with Crippen LogP contribution in [0, 0.1) is 0 Å². The molecule has 0 atom stereocenters. The summed E-state index contributed by atoms with van der Waals surface area (Å²) in [4.78, 5) is 24.6. The number of ether oxygens (including phenoxy) is 1. The number of rotatable bonds is 7. The Labute approximate surface area is 160 Å². The topological polar surface area (TPSA) is 96.1 Å². The molecule has 1 heterocycles. The van der Waals surface area contributed by atoms with Crippen molar-refractivity contribution in [1.29, 1.82) is 0 Å². The predicted octanol–water partition coefficient (Wildman–Crippen LogP) is 3.31. The van der Waals surface area contributed by atoms with E-state index in [9.17, 15) is 9.59 Å². The van der Waals surface area contributed by atoms with Gasteiger partial charge in [-0.05, 0) is 39.7 Å². The zero-order chi connectivity index (χ0) is 20.1. The number of para-hydroxylation sites is 1. The first-order chi connectivity index (χ1) is 12.7. The number of aromatic amines is 1. The average Bonchev–Trinajstić information content (AvgIpc) is 3.00. The van der Waals surface area contributed by atoms with E-state index < -0.39 is 17.2 Å². The maximum absolute atomic E-state index is 12.7. The summed E-state index contributed by atoms with van der Waals surface area (Å²) < 4.78 is 5.28. The van der Waals surface area contributed by atoms with Gasteiger partial charge in [-0.3, -0.25) is 9.89 Å². The molecule has 0 radical (unpaired) electrons.